The maximum atomic E-state index is 12.1. The normalized spacial score (nSPS) is 19.7. The van der Waals surface area contributed by atoms with E-state index in [9.17, 15) is 19.2 Å². The fourth-order valence-corrected chi connectivity index (χ4v) is 7.57. The number of nitrogens with one attached hydrogen (secondary N) is 3. The van der Waals surface area contributed by atoms with E-state index in [1.165, 1.54) is 14.2 Å². The van der Waals surface area contributed by atoms with Gasteiger partial charge in [0.25, 0.3) is 0 Å². The molecule has 0 radical (unpaired) electrons. The molecule has 0 heterocycles. The monoisotopic (exact) mass is 820 g/mol. The third-order valence-electron chi connectivity index (χ3n) is 9.84. The average Bonchev–Trinajstić information content (AvgIpc) is 3.10. The van der Waals surface area contributed by atoms with Crippen LogP contribution in [0.3, 0.4) is 0 Å². The van der Waals surface area contributed by atoms with Crippen molar-refractivity contribution in [2.24, 2.45) is 0 Å². The fraction of sp³-hybridized carbons (Fsp3) is 0.619. The zero-order valence-corrected chi connectivity index (χ0v) is 36.5. The summed E-state index contributed by atoms with van der Waals surface area (Å²) in [5, 5.41) is 10.4. The first kappa shape index (κ1) is 46.5. The van der Waals surface area contributed by atoms with Crippen molar-refractivity contribution < 1.29 is 38.1 Å². The Balaban J connectivity index is 0.000000301. The molecule has 14 heteroatoms. The van der Waals surface area contributed by atoms with Crippen molar-refractivity contribution in [1.82, 2.24) is 10.6 Å². The average molecular weight is 822 g/mol. The van der Waals surface area contributed by atoms with Gasteiger partial charge in [0.1, 0.15) is 11.2 Å². The summed E-state index contributed by atoms with van der Waals surface area (Å²) in [5.74, 6) is -0.782. The number of hydrogen-bond acceptors (Lipinski definition) is 10. The lowest BCUT2D eigenvalue weighted by molar-refractivity contribution is 0.0480. The largest absolute Gasteiger partial charge is 0.465 e. The lowest BCUT2D eigenvalue weighted by Crippen LogP contribution is -2.45. The van der Waals surface area contributed by atoms with Crippen LogP contribution >= 0.6 is 23.2 Å². The highest BCUT2D eigenvalue weighted by Crippen LogP contribution is 2.34. The minimum Gasteiger partial charge on any atom is -0.465 e. The van der Waals surface area contributed by atoms with E-state index in [0.717, 1.165) is 80.4 Å². The number of benzene rings is 2. The summed E-state index contributed by atoms with van der Waals surface area (Å²) in [5.41, 5.74) is 3.46. The van der Waals surface area contributed by atoms with Crippen molar-refractivity contribution in [3.8, 4) is 0 Å². The van der Waals surface area contributed by atoms with Gasteiger partial charge in [-0.2, -0.15) is 0 Å². The van der Waals surface area contributed by atoms with E-state index in [1.54, 1.807) is 12.1 Å². The van der Waals surface area contributed by atoms with Gasteiger partial charge in [0.15, 0.2) is 0 Å². The van der Waals surface area contributed by atoms with Gasteiger partial charge in [0, 0.05) is 52.1 Å². The molecule has 2 aliphatic rings. The second-order valence-electron chi connectivity index (χ2n) is 16.5. The van der Waals surface area contributed by atoms with E-state index >= 15 is 0 Å². The third-order valence-corrected chi connectivity index (χ3v) is 10.3. The second-order valence-corrected chi connectivity index (χ2v) is 17.4. The van der Waals surface area contributed by atoms with Gasteiger partial charge in [0.05, 0.1) is 25.3 Å². The lowest BCUT2D eigenvalue weighted by Gasteiger charge is -2.39. The molecule has 0 atom stereocenters. The van der Waals surface area contributed by atoms with E-state index in [4.69, 9.17) is 42.1 Å². The Morgan fingerprint density at radius 1 is 0.661 bits per heavy atom. The van der Waals surface area contributed by atoms with Gasteiger partial charge in [-0.05, 0) is 149 Å². The van der Waals surface area contributed by atoms with Gasteiger partial charge < -0.3 is 39.8 Å². The van der Waals surface area contributed by atoms with Crippen LogP contribution in [0, 0.1) is 13.8 Å². The Hall–Kier alpha value is -3.90. The number of hydrogen-bond donors (Lipinski definition) is 3. The number of amides is 2. The second kappa shape index (κ2) is 20.5. The zero-order chi connectivity index (χ0) is 42.0. The SMILES string of the molecule is CCN(c1cc(Cl)cc(C(=O)OC)c1C)C1CCC(NC(=O)OC(C)(C)C)CC1.COC(=O)c1cc(Cl)cc(NC2CCC(NC(=O)OC(C)(C)C)CC2)c1C. The first-order chi connectivity index (χ1) is 26.1. The summed E-state index contributed by atoms with van der Waals surface area (Å²) in [6.45, 7) is 17.8. The highest BCUT2D eigenvalue weighted by Gasteiger charge is 2.30. The topological polar surface area (TPSA) is 145 Å². The number of halogens is 2. The van der Waals surface area contributed by atoms with Crippen LogP contribution in [-0.2, 0) is 18.9 Å². The molecule has 0 aromatic heterocycles. The summed E-state index contributed by atoms with van der Waals surface area (Å²) >= 11 is 12.5. The molecule has 4 rings (SSSR count). The number of methoxy groups -OCH3 is 2. The lowest BCUT2D eigenvalue weighted by atomic mass is 9.89. The Morgan fingerprint density at radius 2 is 1.07 bits per heavy atom. The number of carbonyl (C=O) groups is 4. The molecule has 56 heavy (non-hydrogen) atoms. The minimum atomic E-state index is -0.498. The highest BCUT2D eigenvalue weighted by molar-refractivity contribution is 6.31. The van der Waals surface area contributed by atoms with Gasteiger partial charge in [-0.1, -0.05) is 23.2 Å². The standard InChI is InChI=1S/C22H33ClN2O4.C20H29ClN2O4/c1-7-25(19-13-15(23)12-18(14(19)2)20(26)28-6)17-10-8-16(9-11-17)24-21(27)29-22(3,4)5;1-12-16(18(24)26-5)10-13(21)11-17(12)22-14-6-8-15(9-7-14)23-19(25)27-20(2,3)4/h12-13,16-17H,7-11H2,1-6H3,(H,24,27);10-11,14-15,22H,6-9H2,1-5H3,(H,23,25). The molecule has 0 saturated heterocycles. The van der Waals surface area contributed by atoms with Crippen molar-refractivity contribution >= 4 is 58.7 Å². The Labute approximate surface area is 343 Å². The van der Waals surface area contributed by atoms with Gasteiger partial charge in [-0.3, -0.25) is 0 Å². The smallest absolute Gasteiger partial charge is 0.407 e. The van der Waals surface area contributed by atoms with Crippen LogP contribution in [0.5, 0.6) is 0 Å². The van der Waals surface area contributed by atoms with Crippen molar-refractivity contribution in [2.45, 2.75) is 149 Å². The molecule has 2 amide bonds. The molecule has 0 bridgehead atoms. The molecule has 2 aromatic rings. The molecule has 0 spiro atoms. The molecule has 2 saturated carbocycles. The van der Waals surface area contributed by atoms with E-state index in [0.29, 0.717) is 27.2 Å². The maximum Gasteiger partial charge on any atom is 0.407 e. The molecule has 312 valence electrons. The molecule has 0 unspecified atom stereocenters. The fourth-order valence-electron chi connectivity index (χ4n) is 7.14. The van der Waals surface area contributed by atoms with Gasteiger partial charge in [-0.25, -0.2) is 19.2 Å². The van der Waals surface area contributed by atoms with Gasteiger partial charge in [0.2, 0.25) is 0 Å². The molecular weight excluding hydrogens is 759 g/mol. The zero-order valence-electron chi connectivity index (χ0n) is 35.0. The van der Waals surface area contributed by atoms with Crippen molar-refractivity contribution in [3.05, 3.63) is 56.6 Å². The van der Waals surface area contributed by atoms with E-state index in [2.05, 4.69) is 27.8 Å². The molecule has 2 fully saturated rings. The summed E-state index contributed by atoms with van der Waals surface area (Å²) in [7, 11) is 2.73. The van der Waals surface area contributed by atoms with E-state index in [1.807, 2.05) is 67.5 Å². The van der Waals surface area contributed by atoms with Crippen molar-refractivity contribution in [1.29, 1.82) is 0 Å². The first-order valence-electron chi connectivity index (χ1n) is 19.4. The number of carbonyl (C=O) groups excluding carboxylic acids is 4. The van der Waals surface area contributed by atoms with E-state index in [-0.39, 0.29) is 36.3 Å². The summed E-state index contributed by atoms with van der Waals surface area (Å²) in [6.07, 6.45) is 6.44. The van der Waals surface area contributed by atoms with E-state index < -0.39 is 17.2 Å². The van der Waals surface area contributed by atoms with Gasteiger partial charge in [-0.15, -0.1) is 0 Å². The number of alkyl carbamates (subject to hydrolysis) is 2. The Bertz CT molecular complexity index is 1670. The summed E-state index contributed by atoms with van der Waals surface area (Å²) < 4.78 is 20.4. The highest BCUT2D eigenvalue weighted by atomic mass is 35.5. The predicted octanol–water partition coefficient (Wildman–Crippen LogP) is 9.78. The van der Waals surface area contributed by atoms with Crippen LogP contribution in [0.1, 0.15) is 132 Å². The maximum absolute atomic E-state index is 12.1. The number of anilines is 2. The molecule has 2 aromatic carbocycles. The number of rotatable bonds is 9. The number of nitrogens with zero attached hydrogens (tertiary/aromatic N) is 1. The quantitative estimate of drug-likeness (QED) is 0.165. The number of ether oxygens (including phenoxy) is 4. The van der Waals surface area contributed by atoms with Crippen molar-refractivity contribution in [3.63, 3.8) is 0 Å². The number of esters is 2. The molecule has 12 nitrogen and oxygen atoms in total. The van der Waals surface area contributed by atoms with Gasteiger partial charge >= 0.3 is 24.1 Å². The third kappa shape index (κ3) is 14.2. The minimum absolute atomic E-state index is 0.115. The molecule has 3 N–H and O–H groups in total. The van der Waals surface area contributed by atoms with Crippen LogP contribution < -0.4 is 20.9 Å². The predicted molar refractivity (Wildman–Crippen MR) is 223 cm³/mol. The van der Waals surface area contributed by atoms with Crippen LogP contribution in [-0.4, -0.2) is 80.3 Å². The summed E-state index contributed by atoms with van der Waals surface area (Å²) in [4.78, 5) is 50.3. The van der Waals surface area contributed by atoms with Crippen LogP contribution in [0.4, 0.5) is 21.0 Å². The van der Waals surface area contributed by atoms with Crippen LogP contribution in [0.25, 0.3) is 0 Å². The molecule has 2 aliphatic carbocycles. The van der Waals surface area contributed by atoms with Crippen molar-refractivity contribution in [2.75, 3.05) is 31.0 Å². The molecule has 0 aliphatic heterocycles. The first-order valence-corrected chi connectivity index (χ1v) is 20.2. The molecular formula is C42H62Cl2N4O8. The van der Waals surface area contributed by atoms with Crippen LogP contribution in [0.2, 0.25) is 10.0 Å². The Morgan fingerprint density at radius 3 is 1.50 bits per heavy atom. The Kier molecular flexibility index (Phi) is 17.0. The summed E-state index contributed by atoms with van der Waals surface area (Å²) in [6, 6.07) is 7.82. The van der Waals surface area contributed by atoms with Crippen LogP contribution in [0.15, 0.2) is 24.3 Å².